The van der Waals surface area contributed by atoms with Gasteiger partial charge >= 0.3 is 6.09 Å². The van der Waals surface area contributed by atoms with Gasteiger partial charge in [0.2, 0.25) is 3.79 Å². The highest BCUT2D eigenvalue weighted by Gasteiger charge is 2.35. The quantitative estimate of drug-likeness (QED) is 0.319. The van der Waals surface area contributed by atoms with Gasteiger partial charge in [0.15, 0.2) is 11.3 Å². The van der Waals surface area contributed by atoms with Crippen molar-refractivity contribution in [3.63, 3.8) is 0 Å². The number of rotatable bonds is 5. The van der Waals surface area contributed by atoms with Gasteiger partial charge in [-0.2, -0.15) is 0 Å². The number of alkyl carbamates (subject to hydrolysis) is 1. The molecule has 0 bridgehead atoms. The molecule has 10 heteroatoms. The van der Waals surface area contributed by atoms with Crippen LogP contribution in [-0.4, -0.2) is 21.2 Å². The van der Waals surface area contributed by atoms with Crippen LogP contribution >= 0.6 is 58.6 Å². The summed E-state index contributed by atoms with van der Waals surface area (Å²) in [5.74, 6) is 0. The number of thiocarbonyl (C=S) groups is 1. The van der Waals surface area contributed by atoms with Crippen molar-refractivity contribution in [1.29, 1.82) is 0 Å². The first-order valence-electron chi connectivity index (χ1n) is 7.61. The molecule has 0 unspecified atom stereocenters. The normalized spacial score (nSPS) is 12.0. The third-order valence-electron chi connectivity index (χ3n) is 3.18. The number of amides is 1. The Balaban J connectivity index is 1.91. The molecule has 3 N–H and O–H groups in total. The fourth-order valence-corrected chi connectivity index (χ4v) is 2.60. The number of hydrogen-bond donors (Lipinski definition) is 3. The second kappa shape index (κ2) is 10.2. The lowest BCUT2D eigenvalue weighted by atomic mass is 10.2. The van der Waals surface area contributed by atoms with E-state index in [1.807, 2.05) is 30.3 Å². The van der Waals surface area contributed by atoms with Gasteiger partial charge in [-0.05, 0) is 42.0 Å². The summed E-state index contributed by atoms with van der Waals surface area (Å²) >= 11 is 28.8. The third-order valence-corrected chi connectivity index (χ3v) is 4.31. The van der Waals surface area contributed by atoms with Crippen molar-refractivity contribution in [3.8, 4) is 0 Å². The van der Waals surface area contributed by atoms with Crippen LogP contribution in [0, 0.1) is 0 Å². The summed E-state index contributed by atoms with van der Waals surface area (Å²) in [5, 5.41) is 8.78. The van der Waals surface area contributed by atoms with E-state index in [9.17, 15) is 4.79 Å². The van der Waals surface area contributed by atoms with E-state index in [-0.39, 0.29) is 11.7 Å². The minimum Gasteiger partial charge on any atom is -0.445 e. The van der Waals surface area contributed by atoms with Crippen LogP contribution in [0.4, 0.5) is 10.5 Å². The molecule has 144 valence electrons. The first-order chi connectivity index (χ1) is 12.7. The minimum absolute atomic E-state index is 0.0761. The number of carbonyl (C=O) groups excluding carboxylic acids is 1. The lowest BCUT2D eigenvalue weighted by Crippen LogP contribution is -2.56. The van der Waals surface area contributed by atoms with Crippen LogP contribution in [0.25, 0.3) is 0 Å². The van der Waals surface area contributed by atoms with Gasteiger partial charge in [0.25, 0.3) is 0 Å². The molecule has 0 radical (unpaired) electrons. The maximum Gasteiger partial charge on any atom is 0.409 e. The Morgan fingerprint density at radius 3 is 2.26 bits per heavy atom. The van der Waals surface area contributed by atoms with Crippen LogP contribution in [0.5, 0.6) is 0 Å². The smallest absolute Gasteiger partial charge is 0.409 e. The molecule has 27 heavy (non-hydrogen) atoms. The number of nitrogens with one attached hydrogen (secondary N) is 3. The Labute approximate surface area is 182 Å². The summed E-state index contributed by atoms with van der Waals surface area (Å²) in [6.45, 7) is 0.0761. The third kappa shape index (κ3) is 7.99. The predicted octanol–water partition coefficient (Wildman–Crippen LogP) is 5.25. The zero-order valence-corrected chi connectivity index (χ0v) is 17.6. The molecular weight excluding hydrogens is 452 g/mol. The average molecular weight is 467 g/mol. The number of hydrogen-bond acceptors (Lipinski definition) is 3. The van der Waals surface area contributed by atoms with Gasteiger partial charge in [-0.15, -0.1) is 0 Å². The summed E-state index contributed by atoms with van der Waals surface area (Å²) in [7, 11) is 0. The molecule has 0 aliphatic rings. The molecule has 0 fully saturated rings. The standard InChI is InChI=1S/C17H15Cl4N3O2S/c18-12-6-8-13(9-7-12)22-15(27)23-14(17(19,20)21)24-16(25)26-10-11-4-2-1-3-5-11/h1-9,14H,10H2,(H,24,25)(H2,22,23,27)/t14-/m1/s1. The molecule has 5 nitrogen and oxygen atoms in total. The summed E-state index contributed by atoms with van der Waals surface area (Å²) in [6.07, 6.45) is -1.89. The molecule has 0 saturated heterocycles. The van der Waals surface area contributed by atoms with Crippen LogP contribution in [0.2, 0.25) is 5.02 Å². The van der Waals surface area contributed by atoms with Crippen molar-refractivity contribution in [3.05, 3.63) is 65.2 Å². The Kier molecular flexibility index (Phi) is 8.26. The fourth-order valence-electron chi connectivity index (χ4n) is 1.91. The number of ether oxygens (including phenoxy) is 1. The maximum absolute atomic E-state index is 12.0. The Morgan fingerprint density at radius 2 is 1.67 bits per heavy atom. The van der Waals surface area contributed by atoms with Crippen LogP contribution in [-0.2, 0) is 11.3 Å². The van der Waals surface area contributed by atoms with Gasteiger partial charge in [-0.1, -0.05) is 76.7 Å². The largest absolute Gasteiger partial charge is 0.445 e. The molecule has 2 aromatic carbocycles. The van der Waals surface area contributed by atoms with Crippen LogP contribution < -0.4 is 16.0 Å². The molecule has 1 atom stereocenters. The number of anilines is 1. The lowest BCUT2D eigenvalue weighted by Gasteiger charge is -2.27. The summed E-state index contributed by atoms with van der Waals surface area (Å²) in [4.78, 5) is 12.0. The number of carbonyl (C=O) groups is 1. The molecule has 1 amide bonds. The predicted molar refractivity (Wildman–Crippen MR) is 115 cm³/mol. The highest BCUT2D eigenvalue weighted by atomic mass is 35.6. The van der Waals surface area contributed by atoms with E-state index in [2.05, 4.69) is 16.0 Å². The average Bonchev–Trinajstić information content (AvgIpc) is 2.61. The Hall–Kier alpha value is -1.44. The van der Waals surface area contributed by atoms with Gasteiger partial charge in [0, 0.05) is 10.7 Å². The van der Waals surface area contributed by atoms with Crippen molar-refractivity contribution in [2.24, 2.45) is 0 Å². The van der Waals surface area contributed by atoms with E-state index < -0.39 is 16.1 Å². The summed E-state index contributed by atoms with van der Waals surface area (Å²) in [5.41, 5.74) is 1.50. The topological polar surface area (TPSA) is 62.4 Å². The minimum atomic E-state index is -1.88. The molecule has 0 aromatic heterocycles. The fraction of sp³-hybridized carbons (Fsp3) is 0.176. The summed E-state index contributed by atoms with van der Waals surface area (Å²) in [6, 6.07) is 16.0. The van der Waals surface area contributed by atoms with Gasteiger partial charge in [0.1, 0.15) is 6.61 Å². The van der Waals surface area contributed by atoms with E-state index >= 15 is 0 Å². The van der Waals surface area contributed by atoms with Crippen molar-refractivity contribution in [2.45, 2.75) is 16.6 Å². The number of alkyl halides is 3. The molecule has 2 rings (SSSR count). The lowest BCUT2D eigenvalue weighted by molar-refractivity contribution is 0.135. The molecule has 0 heterocycles. The maximum atomic E-state index is 12.0. The van der Waals surface area contributed by atoms with Crippen LogP contribution in [0.15, 0.2) is 54.6 Å². The SMILES string of the molecule is O=C(N[C@@H](NC(=S)Nc1ccc(Cl)cc1)C(Cl)(Cl)Cl)OCc1ccccc1. The van der Waals surface area contributed by atoms with E-state index in [0.29, 0.717) is 10.7 Å². The number of halogens is 4. The molecule has 2 aromatic rings. The van der Waals surface area contributed by atoms with Crippen molar-refractivity contribution in [2.75, 3.05) is 5.32 Å². The summed E-state index contributed by atoms with van der Waals surface area (Å²) < 4.78 is 3.24. The molecule has 0 spiro atoms. The van der Waals surface area contributed by atoms with Gasteiger partial charge in [0.05, 0.1) is 0 Å². The first-order valence-corrected chi connectivity index (χ1v) is 9.53. The monoisotopic (exact) mass is 465 g/mol. The second-order valence-corrected chi connectivity index (χ2v) is 8.50. The van der Waals surface area contributed by atoms with E-state index in [1.54, 1.807) is 24.3 Å². The zero-order valence-electron chi connectivity index (χ0n) is 13.7. The molecular formula is C17H15Cl4N3O2S. The van der Waals surface area contributed by atoms with Gasteiger partial charge in [-0.25, -0.2) is 4.79 Å². The van der Waals surface area contributed by atoms with Crippen molar-refractivity contribution < 1.29 is 9.53 Å². The Morgan fingerprint density at radius 1 is 1.04 bits per heavy atom. The molecule has 0 saturated carbocycles. The number of benzene rings is 2. The van der Waals surface area contributed by atoms with Gasteiger partial charge in [-0.3, -0.25) is 5.32 Å². The van der Waals surface area contributed by atoms with E-state index in [1.165, 1.54) is 0 Å². The molecule has 0 aliphatic heterocycles. The Bertz CT molecular complexity index is 770. The van der Waals surface area contributed by atoms with Crippen molar-refractivity contribution in [1.82, 2.24) is 10.6 Å². The van der Waals surface area contributed by atoms with Gasteiger partial charge < -0.3 is 15.4 Å². The highest BCUT2D eigenvalue weighted by molar-refractivity contribution is 7.80. The van der Waals surface area contributed by atoms with E-state index in [4.69, 9.17) is 63.4 Å². The second-order valence-electron chi connectivity index (χ2n) is 5.29. The van der Waals surface area contributed by atoms with Crippen LogP contribution in [0.3, 0.4) is 0 Å². The first kappa shape index (κ1) is 21.9. The van der Waals surface area contributed by atoms with E-state index in [0.717, 1.165) is 5.56 Å². The van der Waals surface area contributed by atoms with Crippen LogP contribution in [0.1, 0.15) is 5.56 Å². The zero-order chi connectivity index (χ0) is 19.9. The molecule has 0 aliphatic carbocycles. The van der Waals surface area contributed by atoms with Crippen molar-refractivity contribution >= 4 is 75.5 Å². The highest BCUT2D eigenvalue weighted by Crippen LogP contribution is 2.29.